The lowest BCUT2D eigenvalue weighted by Gasteiger charge is -2.47. The van der Waals surface area contributed by atoms with Gasteiger partial charge >= 0.3 is 0 Å². The Morgan fingerprint density at radius 2 is 1.88 bits per heavy atom. The highest BCUT2D eigenvalue weighted by Gasteiger charge is 2.41. The number of para-hydroxylation sites is 1. The van der Waals surface area contributed by atoms with E-state index < -0.39 is 0 Å². The van der Waals surface area contributed by atoms with Gasteiger partial charge in [-0.1, -0.05) is 51.5 Å². The van der Waals surface area contributed by atoms with E-state index in [1.165, 1.54) is 0 Å². The Morgan fingerprint density at radius 3 is 2.68 bits per heavy atom. The molecule has 59 heavy (non-hydrogen) atoms. The highest BCUT2D eigenvalue weighted by atomic mass is 32.1. The molecule has 0 radical (unpaired) electrons. The number of benzene rings is 2. The molecule has 14 nitrogen and oxygen atoms in total. The number of carbonyl (C=O) groups excluding carboxylic acids is 3. The number of fused-ring (bicyclic) bond motifs is 1. The van der Waals surface area contributed by atoms with Gasteiger partial charge in [0.2, 0.25) is 5.91 Å². The van der Waals surface area contributed by atoms with Gasteiger partial charge < -0.3 is 44.5 Å². The predicted octanol–water partition coefficient (Wildman–Crippen LogP) is 5.10. The van der Waals surface area contributed by atoms with Crippen LogP contribution in [0.15, 0.2) is 41.8 Å². The van der Waals surface area contributed by atoms with Crippen LogP contribution in [0.5, 0.6) is 17.2 Å². The van der Waals surface area contributed by atoms with E-state index in [0.29, 0.717) is 108 Å². The molecule has 2 fully saturated rings. The third kappa shape index (κ3) is 12.4. The summed E-state index contributed by atoms with van der Waals surface area (Å²) in [6, 6.07) is 11.4. The minimum absolute atomic E-state index is 0.00754. The molecule has 1 aromatic heterocycles. The molecule has 3 N–H and O–H groups in total. The average Bonchev–Trinajstić information content (AvgIpc) is 3.75. The Labute approximate surface area is 352 Å². The van der Waals surface area contributed by atoms with E-state index in [1.54, 1.807) is 23.5 Å². The number of unbranched alkanes of at least 4 members (excludes halogenated alkanes) is 1. The molecule has 3 aliphatic heterocycles. The van der Waals surface area contributed by atoms with Gasteiger partial charge in [-0.25, -0.2) is 4.98 Å². The molecular weight excluding hydrogens is 773 g/mol. The average molecular weight is 835 g/mol. The van der Waals surface area contributed by atoms with Crippen LogP contribution in [-0.4, -0.2) is 140 Å². The number of likely N-dealkylation sites (tertiary alicyclic amines) is 1. The number of anilines is 1. The molecular formula is C44H62N6O8S. The number of phenols is 1. The summed E-state index contributed by atoms with van der Waals surface area (Å²) in [4.78, 5) is 49.0. The van der Waals surface area contributed by atoms with E-state index in [-0.39, 0.29) is 35.7 Å². The van der Waals surface area contributed by atoms with Crippen molar-refractivity contribution in [3.63, 3.8) is 0 Å². The number of aromatic hydroxyl groups is 1. The number of ether oxygens (including phenoxy) is 4. The zero-order valence-electron chi connectivity index (χ0n) is 35.0. The van der Waals surface area contributed by atoms with Crippen molar-refractivity contribution in [3.8, 4) is 17.2 Å². The maximum atomic E-state index is 13.3. The van der Waals surface area contributed by atoms with Gasteiger partial charge in [0.25, 0.3) is 11.8 Å². The molecule has 0 unspecified atom stereocenters. The summed E-state index contributed by atoms with van der Waals surface area (Å²) in [7, 11) is 0. The standard InChI is InChI=1S/C44H62N6O8S/c1-4-5-19-49(22-18-45-17-12-34-10-11-36(51)40-41(34)57-29-38(52)47-40)39(53)14-26-55-25-13-33-8-6-7-9-37(33)56-27-23-48-20-15-44(16-21-48)31-50(24-28-58-44)43(54)35-30-59-42(46-35)32(2)3/h6-11,30,32,45,51H,4-5,12-29,31H2,1-3H3,(H,47,52). The third-order valence-corrected chi connectivity index (χ3v) is 12.4. The van der Waals surface area contributed by atoms with Gasteiger partial charge in [-0.2, -0.15) is 0 Å². The smallest absolute Gasteiger partial charge is 0.273 e. The van der Waals surface area contributed by atoms with Gasteiger partial charge in [0, 0.05) is 57.1 Å². The Hall–Kier alpha value is -4.28. The first-order chi connectivity index (χ1) is 28.6. The van der Waals surface area contributed by atoms with Crippen LogP contribution in [0.2, 0.25) is 0 Å². The number of nitrogens with zero attached hydrogens (tertiary/aromatic N) is 4. The molecule has 2 saturated heterocycles. The number of aromatic nitrogens is 1. The molecule has 3 aromatic rings. The molecule has 3 aliphatic rings. The van der Waals surface area contributed by atoms with Crippen molar-refractivity contribution in [2.24, 2.45) is 0 Å². The van der Waals surface area contributed by atoms with Gasteiger partial charge in [0.05, 0.1) is 43.4 Å². The normalized spacial score (nSPS) is 16.5. The number of rotatable bonds is 21. The van der Waals surface area contributed by atoms with E-state index in [0.717, 1.165) is 67.2 Å². The minimum atomic E-state index is -0.305. The first kappa shape index (κ1) is 44.3. The fourth-order valence-corrected chi connectivity index (χ4v) is 8.55. The molecule has 15 heteroatoms. The van der Waals surface area contributed by atoms with Crippen LogP contribution >= 0.6 is 11.3 Å². The Bertz CT molecular complexity index is 1850. The highest BCUT2D eigenvalue weighted by molar-refractivity contribution is 7.09. The molecule has 322 valence electrons. The second-order valence-corrected chi connectivity index (χ2v) is 16.8. The van der Waals surface area contributed by atoms with Crippen molar-refractivity contribution in [1.29, 1.82) is 0 Å². The number of nitrogens with one attached hydrogen (secondary N) is 2. The lowest BCUT2D eigenvalue weighted by atomic mass is 9.89. The summed E-state index contributed by atoms with van der Waals surface area (Å²) in [5.41, 5.74) is 2.54. The summed E-state index contributed by atoms with van der Waals surface area (Å²) in [5.74, 6) is 1.47. The van der Waals surface area contributed by atoms with Crippen molar-refractivity contribution < 1.29 is 38.4 Å². The number of thiazole rings is 1. The second-order valence-electron chi connectivity index (χ2n) is 15.9. The lowest BCUT2D eigenvalue weighted by molar-refractivity contribution is -0.132. The van der Waals surface area contributed by atoms with Crippen LogP contribution in [0, 0.1) is 0 Å². The van der Waals surface area contributed by atoms with E-state index in [4.69, 9.17) is 18.9 Å². The second kappa shape index (κ2) is 21.8. The van der Waals surface area contributed by atoms with Crippen molar-refractivity contribution in [1.82, 2.24) is 25.0 Å². The fourth-order valence-electron chi connectivity index (χ4n) is 7.74. The van der Waals surface area contributed by atoms with Crippen LogP contribution < -0.4 is 20.1 Å². The van der Waals surface area contributed by atoms with E-state index >= 15 is 0 Å². The monoisotopic (exact) mass is 834 g/mol. The van der Waals surface area contributed by atoms with Gasteiger partial charge in [0.1, 0.15) is 29.5 Å². The van der Waals surface area contributed by atoms with Crippen molar-refractivity contribution in [3.05, 3.63) is 63.6 Å². The molecule has 0 aliphatic carbocycles. The Kier molecular flexibility index (Phi) is 16.4. The van der Waals surface area contributed by atoms with Crippen LogP contribution in [0.3, 0.4) is 0 Å². The number of hydrogen-bond donors (Lipinski definition) is 3. The number of morpholine rings is 1. The van der Waals surface area contributed by atoms with Crippen LogP contribution in [0.4, 0.5) is 5.69 Å². The minimum Gasteiger partial charge on any atom is -0.506 e. The maximum Gasteiger partial charge on any atom is 0.273 e. The number of phenolic OH excluding ortho intramolecular Hbond substituents is 1. The van der Waals surface area contributed by atoms with Crippen LogP contribution in [0.1, 0.15) is 85.4 Å². The van der Waals surface area contributed by atoms with Crippen molar-refractivity contribution >= 4 is 34.7 Å². The molecule has 6 rings (SSSR count). The van der Waals surface area contributed by atoms with Crippen molar-refractivity contribution in [2.75, 3.05) is 97.3 Å². The first-order valence-corrected chi connectivity index (χ1v) is 22.2. The van der Waals surface area contributed by atoms with E-state index in [2.05, 4.69) is 47.4 Å². The highest BCUT2D eigenvalue weighted by Crippen LogP contribution is 2.39. The predicted molar refractivity (Wildman–Crippen MR) is 228 cm³/mol. The van der Waals surface area contributed by atoms with E-state index in [9.17, 15) is 19.5 Å². The number of hydrogen-bond acceptors (Lipinski definition) is 12. The van der Waals surface area contributed by atoms with Gasteiger partial charge in [-0.3, -0.25) is 19.3 Å². The van der Waals surface area contributed by atoms with Gasteiger partial charge in [-0.15, -0.1) is 11.3 Å². The van der Waals surface area contributed by atoms with Gasteiger partial charge in [-0.05, 0) is 61.9 Å². The fraction of sp³-hybridized carbons (Fsp3) is 0.591. The molecule has 4 heterocycles. The summed E-state index contributed by atoms with van der Waals surface area (Å²) in [6.07, 6.45) is 5.35. The van der Waals surface area contributed by atoms with E-state index in [1.807, 2.05) is 33.4 Å². The lowest BCUT2D eigenvalue weighted by Crippen LogP contribution is -2.58. The topological polar surface area (TPSA) is 155 Å². The molecule has 1 spiro atoms. The zero-order chi connectivity index (χ0) is 41.6. The third-order valence-electron chi connectivity index (χ3n) is 11.2. The summed E-state index contributed by atoms with van der Waals surface area (Å²) >= 11 is 1.56. The quantitative estimate of drug-likeness (QED) is 0.0971. The van der Waals surface area contributed by atoms with Crippen molar-refractivity contribution in [2.45, 2.75) is 77.2 Å². The number of amides is 3. The largest absolute Gasteiger partial charge is 0.506 e. The summed E-state index contributed by atoms with van der Waals surface area (Å²) in [5, 5.41) is 19.1. The molecule has 3 amide bonds. The molecule has 2 aromatic carbocycles. The number of carbonyl (C=O) groups is 3. The van der Waals surface area contributed by atoms with Crippen LogP contribution in [-0.2, 0) is 31.9 Å². The Morgan fingerprint density at radius 1 is 1.05 bits per heavy atom. The zero-order valence-corrected chi connectivity index (χ0v) is 35.8. The van der Waals surface area contributed by atoms with Gasteiger partial charge in [0.15, 0.2) is 12.4 Å². The maximum absolute atomic E-state index is 13.3. The Balaban J connectivity index is 0.860. The molecule has 0 bridgehead atoms. The first-order valence-electron chi connectivity index (χ1n) is 21.3. The number of piperidine rings is 1. The molecule has 0 saturated carbocycles. The summed E-state index contributed by atoms with van der Waals surface area (Å²) in [6.45, 7) is 14.6. The van der Waals surface area contributed by atoms with Crippen LogP contribution in [0.25, 0.3) is 0 Å². The SMILES string of the molecule is CCCCN(CCNCCc1ccc(O)c2c1OCC(=O)N2)C(=O)CCOCCc1ccccc1OCCN1CCC2(CC1)CN(C(=O)c1csc(C(C)C)n1)CCO2. The molecule has 0 atom stereocenters. The summed E-state index contributed by atoms with van der Waals surface area (Å²) < 4.78 is 24.2.